The molecule has 0 radical (unpaired) electrons. The summed E-state index contributed by atoms with van der Waals surface area (Å²) in [4.78, 5) is 12.3. The molecule has 0 aliphatic carbocycles. The Kier molecular flexibility index (Phi) is 4.29. The molecule has 0 saturated heterocycles. The van der Waals surface area contributed by atoms with E-state index in [0.717, 1.165) is 17.8 Å². The molecular formula is C13H20N2O3. The number of anilines is 1. The van der Waals surface area contributed by atoms with Gasteiger partial charge in [-0.05, 0) is 39.3 Å². The molecule has 1 aromatic rings. The van der Waals surface area contributed by atoms with Crippen LogP contribution in [0.4, 0.5) is 11.4 Å². The molecule has 0 unspecified atom stereocenters. The lowest BCUT2D eigenvalue weighted by Crippen LogP contribution is -2.38. The molecule has 100 valence electrons. The summed E-state index contributed by atoms with van der Waals surface area (Å²) >= 11 is 0. The average Bonchev–Trinajstić information content (AvgIpc) is 2.24. The van der Waals surface area contributed by atoms with Crippen molar-refractivity contribution in [3.05, 3.63) is 33.9 Å². The number of aliphatic hydroxyl groups is 1. The Morgan fingerprint density at radius 1 is 1.44 bits per heavy atom. The fourth-order valence-electron chi connectivity index (χ4n) is 1.94. The maximum atomic E-state index is 10.7. The van der Waals surface area contributed by atoms with Crippen molar-refractivity contribution in [2.45, 2.75) is 33.3 Å². The third-order valence-corrected chi connectivity index (χ3v) is 2.69. The molecule has 0 atom stereocenters. The van der Waals surface area contributed by atoms with Crippen molar-refractivity contribution in [1.29, 1.82) is 0 Å². The minimum Gasteiger partial charge on any atom is -0.389 e. The maximum Gasteiger partial charge on any atom is 0.269 e. The molecule has 0 spiro atoms. The minimum absolute atomic E-state index is 0.0931. The van der Waals surface area contributed by atoms with E-state index in [1.165, 1.54) is 6.07 Å². The Hall–Kier alpha value is -1.62. The number of aryl methyl sites for hydroxylation is 1. The van der Waals surface area contributed by atoms with Crippen molar-refractivity contribution in [3.8, 4) is 0 Å². The predicted octanol–water partition coefficient (Wildman–Crippen LogP) is 2.50. The number of benzene rings is 1. The van der Waals surface area contributed by atoms with Gasteiger partial charge in [-0.2, -0.15) is 0 Å². The molecule has 0 amide bonds. The summed E-state index contributed by atoms with van der Waals surface area (Å²) in [5.74, 6) is 0. The average molecular weight is 252 g/mol. The van der Waals surface area contributed by atoms with Crippen molar-refractivity contribution in [2.24, 2.45) is 0 Å². The highest BCUT2D eigenvalue weighted by atomic mass is 16.6. The van der Waals surface area contributed by atoms with E-state index in [9.17, 15) is 15.2 Å². The van der Waals surface area contributed by atoms with Gasteiger partial charge in [0.15, 0.2) is 0 Å². The van der Waals surface area contributed by atoms with Gasteiger partial charge in [0.1, 0.15) is 0 Å². The topological polar surface area (TPSA) is 66.6 Å². The van der Waals surface area contributed by atoms with E-state index in [1.54, 1.807) is 26.0 Å². The summed E-state index contributed by atoms with van der Waals surface area (Å²) in [6.07, 6.45) is 0. The molecule has 0 fully saturated rings. The van der Waals surface area contributed by atoms with Gasteiger partial charge in [-0.1, -0.05) is 0 Å². The van der Waals surface area contributed by atoms with Crippen molar-refractivity contribution in [2.75, 3.05) is 18.0 Å². The van der Waals surface area contributed by atoms with Crippen LogP contribution >= 0.6 is 0 Å². The van der Waals surface area contributed by atoms with Gasteiger partial charge >= 0.3 is 0 Å². The largest absolute Gasteiger partial charge is 0.389 e. The Bertz CT molecular complexity index is 438. The van der Waals surface area contributed by atoms with Crippen LogP contribution in [0, 0.1) is 17.0 Å². The molecule has 0 saturated carbocycles. The fraction of sp³-hybridized carbons (Fsp3) is 0.538. The second-order valence-corrected chi connectivity index (χ2v) is 5.05. The van der Waals surface area contributed by atoms with E-state index in [1.807, 2.05) is 18.7 Å². The van der Waals surface area contributed by atoms with E-state index >= 15 is 0 Å². The van der Waals surface area contributed by atoms with Gasteiger partial charge in [-0.25, -0.2) is 0 Å². The first-order valence-corrected chi connectivity index (χ1v) is 5.97. The number of nitro groups is 1. The van der Waals surface area contributed by atoms with Crippen LogP contribution in [-0.4, -0.2) is 28.7 Å². The standard InChI is InChI=1S/C13H20N2O3/c1-5-14(9-13(3,4)16)12-7-6-11(15(17)18)8-10(12)2/h6-8,16H,5,9H2,1-4H3. The number of hydrogen-bond donors (Lipinski definition) is 1. The van der Waals surface area contributed by atoms with Gasteiger partial charge in [0.05, 0.1) is 10.5 Å². The Balaban J connectivity index is 3.04. The van der Waals surface area contributed by atoms with Gasteiger partial charge in [-0.3, -0.25) is 10.1 Å². The second kappa shape index (κ2) is 5.35. The summed E-state index contributed by atoms with van der Waals surface area (Å²) in [6.45, 7) is 8.56. The fourth-order valence-corrected chi connectivity index (χ4v) is 1.94. The van der Waals surface area contributed by atoms with Gasteiger partial charge in [0.25, 0.3) is 5.69 Å². The molecule has 18 heavy (non-hydrogen) atoms. The highest BCUT2D eigenvalue weighted by Gasteiger charge is 2.19. The lowest BCUT2D eigenvalue weighted by molar-refractivity contribution is -0.384. The van der Waals surface area contributed by atoms with Crippen molar-refractivity contribution >= 4 is 11.4 Å². The summed E-state index contributed by atoms with van der Waals surface area (Å²) in [5.41, 5.74) is 1.06. The summed E-state index contributed by atoms with van der Waals surface area (Å²) in [5, 5.41) is 20.5. The minimum atomic E-state index is -0.801. The Morgan fingerprint density at radius 3 is 2.44 bits per heavy atom. The molecule has 1 rings (SSSR count). The summed E-state index contributed by atoms with van der Waals surface area (Å²) in [7, 11) is 0. The highest BCUT2D eigenvalue weighted by Crippen LogP contribution is 2.25. The second-order valence-electron chi connectivity index (χ2n) is 5.05. The molecule has 1 N–H and O–H groups in total. The molecule has 1 aromatic carbocycles. The zero-order chi connectivity index (χ0) is 13.9. The molecule has 0 heterocycles. The van der Waals surface area contributed by atoms with E-state index in [4.69, 9.17) is 0 Å². The first-order chi connectivity index (χ1) is 8.24. The molecule has 5 nitrogen and oxygen atoms in total. The number of rotatable bonds is 5. The zero-order valence-corrected chi connectivity index (χ0v) is 11.3. The van der Waals surface area contributed by atoms with Crippen LogP contribution in [0.1, 0.15) is 26.3 Å². The molecular weight excluding hydrogens is 232 g/mol. The van der Waals surface area contributed by atoms with E-state index in [-0.39, 0.29) is 5.69 Å². The lowest BCUT2D eigenvalue weighted by atomic mass is 10.1. The third kappa shape index (κ3) is 3.70. The summed E-state index contributed by atoms with van der Waals surface area (Å²) in [6, 6.07) is 4.79. The van der Waals surface area contributed by atoms with E-state index in [0.29, 0.717) is 6.54 Å². The van der Waals surface area contributed by atoms with Crippen LogP contribution < -0.4 is 4.90 Å². The third-order valence-electron chi connectivity index (χ3n) is 2.69. The smallest absolute Gasteiger partial charge is 0.269 e. The normalized spacial score (nSPS) is 11.4. The monoisotopic (exact) mass is 252 g/mol. The van der Waals surface area contributed by atoms with Crippen LogP contribution in [0.2, 0.25) is 0 Å². The first kappa shape index (κ1) is 14.4. The number of nitro benzene ring substituents is 1. The number of likely N-dealkylation sites (N-methyl/N-ethyl adjacent to an activating group) is 1. The van der Waals surface area contributed by atoms with Crippen LogP contribution in [0.15, 0.2) is 18.2 Å². The Morgan fingerprint density at radius 2 is 2.06 bits per heavy atom. The van der Waals surface area contributed by atoms with Gasteiger partial charge in [-0.15, -0.1) is 0 Å². The number of nitrogens with zero attached hydrogens (tertiary/aromatic N) is 2. The van der Waals surface area contributed by atoms with E-state index < -0.39 is 10.5 Å². The van der Waals surface area contributed by atoms with Crippen molar-refractivity contribution in [1.82, 2.24) is 0 Å². The van der Waals surface area contributed by atoms with Gasteiger partial charge in [0, 0.05) is 30.9 Å². The van der Waals surface area contributed by atoms with Gasteiger partial charge < -0.3 is 10.0 Å². The molecule has 0 aliphatic rings. The number of non-ortho nitro benzene ring substituents is 1. The summed E-state index contributed by atoms with van der Waals surface area (Å²) < 4.78 is 0. The van der Waals surface area contributed by atoms with Crippen molar-refractivity contribution in [3.63, 3.8) is 0 Å². The highest BCUT2D eigenvalue weighted by molar-refractivity contribution is 5.57. The lowest BCUT2D eigenvalue weighted by Gasteiger charge is -2.30. The van der Waals surface area contributed by atoms with Crippen LogP contribution in [-0.2, 0) is 0 Å². The molecule has 0 bridgehead atoms. The van der Waals surface area contributed by atoms with Crippen molar-refractivity contribution < 1.29 is 10.0 Å². The maximum absolute atomic E-state index is 10.7. The molecule has 0 aromatic heterocycles. The molecule has 0 aliphatic heterocycles. The Labute approximate surface area is 107 Å². The zero-order valence-electron chi connectivity index (χ0n) is 11.3. The van der Waals surface area contributed by atoms with Crippen LogP contribution in [0.3, 0.4) is 0 Å². The predicted molar refractivity (Wildman–Crippen MR) is 72.0 cm³/mol. The number of hydrogen-bond acceptors (Lipinski definition) is 4. The SMILES string of the molecule is CCN(CC(C)(C)O)c1ccc([N+](=O)[O-])cc1C. The van der Waals surface area contributed by atoms with Crippen LogP contribution in [0.25, 0.3) is 0 Å². The van der Waals surface area contributed by atoms with Crippen LogP contribution in [0.5, 0.6) is 0 Å². The van der Waals surface area contributed by atoms with Gasteiger partial charge in [0.2, 0.25) is 0 Å². The quantitative estimate of drug-likeness (QED) is 0.646. The first-order valence-electron chi connectivity index (χ1n) is 5.97. The molecule has 5 heteroatoms. The van der Waals surface area contributed by atoms with E-state index in [2.05, 4.69) is 0 Å².